The van der Waals surface area contributed by atoms with Crippen LogP contribution in [0.5, 0.6) is 0 Å². The fourth-order valence-electron chi connectivity index (χ4n) is 3.16. The topological polar surface area (TPSA) is 52.6 Å². The highest BCUT2D eigenvalue weighted by molar-refractivity contribution is 5.76. The van der Waals surface area contributed by atoms with E-state index >= 15 is 0 Å². The fourth-order valence-corrected chi connectivity index (χ4v) is 3.16. The normalized spacial score (nSPS) is 28.6. The number of carbonyl (C=O) groups is 1. The van der Waals surface area contributed by atoms with E-state index in [1.54, 1.807) is 0 Å². The van der Waals surface area contributed by atoms with Gasteiger partial charge >= 0.3 is 0 Å². The van der Waals surface area contributed by atoms with Crippen LogP contribution in [-0.4, -0.2) is 48.7 Å². The smallest absolute Gasteiger partial charge is 0.222 e. The lowest BCUT2D eigenvalue weighted by atomic mass is 9.94. The minimum absolute atomic E-state index is 0.250. The number of hydrogen-bond donors (Lipinski definition) is 2. The highest BCUT2D eigenvalue weighted by Gasteiger charge is 2.24. The molecule has 0 saturated carbocycles. The summed E-state index contributed by atoms with van der Waals surface area (Å²) in [4.78, 5) is 14.2. The Balaban J connectivity index is 1.70. The van der Waals surface area contributed by atoms with Crippen molar-refractivity contribution < 1.29 is 9.90 Å². The van der Waals surface area contributed by atoms with E-state index in [-0.39, 0.29) is 6.61 Å². The molecule has 1 amide bonds. The molecule has 0 spiro atoms. The molecular weight excluding hydrogens is 228 g/mol. The Labute approximate surface area is 110 Å². The van der Waals surface area contributed by atoms with E-state index in [4.69, 9.17) is 5.11 Å². The maximum absolute atomic E-state index is 12.1. The number of aliphatic hydroxyl groups is 1. The van der Waals surface area contributed by atoms with Gasteiger partial charge in [-0.2, -0.15) is 0 Å². The Morgan fingerprint density at radius 2 is 2.17 bits per heavy atom. The lowest BCUT2D eigenvalue weighted by Crippen LogP contribution is -2.40. The Kier molecular flexibility index (Phi) is 5.45. The van der Waals surface area contributed by atoms with E-state index in [0.29, 0.717) is 24.2 Å². The third kappa shape index (κ3) is 3.95. The molecule has 104 valence electrons. The van der Waals surface area contributed by atoms with Crippen LogP contribution in [0.1, 0.15) is 38.5 Å². The van der Waals surface area contributed by atoms with E-state index in [1.165, 1.54) is 6.42 Å². The van der Waals surface area contributed by atoms with Crippen molar-refractivity contribution in [2.75, 3.05) is 32.8 Å². The SMILES string of the molecule is O=C(CCC1CCNC1)N1CCCC(CCO)C1. The zero-order valence-electron chi connectivity index (χ0n) is 11.2. The third-order valence-corrected chi connectivity index (χ3v) is 4.34. The number of carbonyl (C=O) groups excluding carboxylic acids is 1. The Hall–Kier alpha value is -0.610. The molecule has 18 heavy (non-hydrogen) atoms. The van der Waals surface area contributed by atoms with Crippen LogP contribution in [0.4, 0.5) is 0 Å². The van der Waals surface area contributed by atoms with Crippen molar-refractivity contribution >= 4 is 5.91 Å². The molecule has 4 heteroatoms. The molecule has 0 radical (unpaired) electrons. The molecular formula is C14H26N2O2. The van der Waals surface area contributed by atoms with Crippen LogP contribution in [0.2, 0.25) is 0 Å². The Bertz CT molecular complexity index is 263. The van der Waals surface area contributed by atoms with Crippen molar-refractivity contribution in [1.82, 2.24) is 10.2 Å². The first kappa shape index (κ1) is 13.8. The summed E-state index contributed by atoms with van der Waals surface area (Å²) >= 11 is 0. The van der Waals surface area contributed by atoms with Gasteiger partial charge in [0.1, 0.15) is 0 Å². The Morgan fingerprint density at radius 3 is 2.89 bits per heavy atom. The number of hydrogen-bond acceptors (Lipinski definition) is 3. The van der Waals surface area contributed by atoms with Crippen LogP contribution < -0.4 is 5.32 Å². The van der Waals surface area contributed by atoms with Crippen LogP contribution in [0.15, 0.2) is 0 Å². The van der Waals surface area contributed by atoms with Crippen molar-refractivity contribution in [3.63, 3.8) is 0 Å². The molecule has 2 saturated heterocycles. The van der Waals surface area contributed by atoms with Crippen molar-refractivity contribution in [2.24, 2.45) is 11.8 Å². The number of nitrogens with one attached hydrogen (secondary N) is 1. The van der Waals surface area contributed by atoms with Gasteiger partial charge < -0.3 is 15.3 Å². The van der Waals surface area contributed by atoms with Crippen LogP contribution in [0, 0.1) is 11.8 Å². The summed E-state index contributed by atoms with van der Waals surface area (Å²) in [5.74, 6) is 1.54. The average Bonchev–Trinajstić information content (AvgIpc) is 2.90. The van der Waals surface area contributed by atoms with Crippen LogP contribution in [-0.2, 0) is 4.79 Å². The lowest BCUT2D eigenvalue weighted by molar-refractivity contribution is -0.133. The van der Waals surface area contributed by atoms with E-state index in [1.807, 2.05) is 4.90 Å². The summed E-state index contributed by atoms with van der Waals surface area (Å²) in [6.45, 7) is 4.23. The van der Waals surface area contributed by atoms with Gasteiger partial charge in [0.05, 0.1) is 0 Å². The molecule has 0 aromatic rings. The Morgan fingerprint density at radius 1 is 1.28 bits per heavy atom. The summed E-state index contributed by atoms with van der Waals surface area (Å²) in [7, 11) is 0. The van der Waals surface area contributed by atoms with Crippen molar-refractivity contribution in [3.05, 3.63) is 0 Å². The highest BCUT2D eigenvalue weighted by atomic mass is 16.3. The van der Waals surface area contributed by atoms with E-state index in [0.717, 1.165) is 51.9 Å². The standard InChI is InChI=1S/C14H26N2O2/c17-9-6-13-2-1-8-16(11-13)14(18)4-3-12-5-7-15-10-12/h12-13,15,17H,1-11H2. The molecule has 0 aromatic heterocycles. The number of piperidine rings is 1. The molecule has 0 aromatic carbocycles. The maximum atomic E-state index is 12.1. The largest absolute Gasteiger partial charge is 0.396 e. The molecule has 2 aliphatic rings. The highest BCUT2D eigenvalue weighted by Crippen LogP contribution is 2.21. The second kappa shape index (κ2) is 7.10. The van der Waals surface area contributed by atoms with Crippen LogP contribution in [0.3, 0.4) is 0 Å². The van der Waals surface area contributed by atoms with E-state index in [9.17, 15) is 4.79 Å². The second-order valence-electron chi connectivity index (χ2n) is 5.76. The zero-order chi connectivity index (χ0) is 12.8. The summed E-state index contributed by atoms with van der Waals surface area (Å²) in [5, 5.41) is 12.3. The van der Waals surface area contributed by atoms with Gasteiger partial charge in [-0.3, -0.25) is 4.79 Å². The monoisotopic (exact) mass is 254 g/mol. The van der Waals surface area contributed by atoms with Crippen LogP contribution in [0.25, 0.3) is 0 Å². The quantitative estimate of drug-likeness (QED) is 0.769. The summed E-state index contributed by atoms with van der Waals surface area (Å²) in [6.07, 6.45) is 6.07. The summed E-state index contributed by atoms with van der Waals surface area (Å²) in [6, 6.07) is 0. The summed E-state index contributed by atoms with van der Waals surface area (Å²) < 4.78 is 0. The molecule has 2 atom stereocenters. The van der Waals surface area contributed by atoms with Gasteiger partial charge in [0, 0.05) is 26.1 Å². The van der Waals surface area contributed by atoms with Gasteiger partial charge in [-0.25, -0.2) is 0 Å². The van der Waals surface area contributed by atoms with Gasteiger partial charge in [0.25, 0.3) is 0 Å². The first-order valence-electron chi connectivity index (χ1n) is 7.39. The third-order valence-electron chi connectivity index (χ3n) is 4.34. The molecule has 0 bridgehead atoms. The maximum Gasteiger partial charge on any atom is 0.222 e. The zero-order valence-corrected chi connectivity index (χ0v) is 11.2. The molecule has 2 fully saturated rings. The number of likely N-dealkylation sites (tertiary alicyclic amines) is 1. The predicted molar refractivity (Wildman–Crippen MR) is 71.2 cm³/mol. The predicted octanol–water partition coefficient (Wildman–Crippen LogP) is 0.997. The lowest BCUT2D eigenvalue weighted by Gasteiger charge is -2.32. The van der Waals surface area contributed by atoms with Crippen molar-refractivity contribution in [3.8, 4) is 0 Å². The van der Waals surface area contributed by atoms with Gasteiger partial charge in [0.15, 0.2) is 0 Å². The van der Waals surface area contributed by atoms with Crippen LogP contribution >= 0.6 is 0 Å². The molecule has 0 aliphatic carbocycles. The molecule has 2 aliphatic heterocycles. The molecule has 2 rings (SSSR count). The molecule has 2 heterocycles. The van der Waals surface area contributed by atoms with E-state index < -0.39 is 0 Å². The molecule has 2 N–H and O–H groups in total. The molecule has 2 unspecified atom stereocenters. The first-order valence-corrected chi connectivity index (χ1v) is 7.39. The van der Waals surface area contributed by atoms with Crippen molar-refractivity contribution in [2.45, 2.75) is 38.5 Å². The minimum atomic E-state index is 0.250. The van der Waals surface area contributed by atoms with Gasteiger partial charge in [-0.1, -0.05) is 0 Å². The minimum Gasteiger partial charge on any atom is -0.396 e. The summed E-state index contributed by atoms with van der Waals surface area (Å²) in [5.41, 5.74) is 0. The fraction of sp³-hybridized carbons (Fsp3) is 0.929. The number of rotatable bonds is 5. The van der Waals surface area contributed by atoms with Gasteiger partial charge in [-0.05, 0) is 57.0 Å². The first-order chi connectivity index (χ1) is 8.79. The van der Waals surface area contributed by atoms with Gasteiger partial charge in [-0.15, -0.1) is 0 Å². The molecule has 4 nitrogen and oxygen atoms in total. The van der Waals surface area contributed by atoms with E-state index in [2.05, 4.69) is 5.32 Å². The van der Waals surface area contributed by atoms with Crippen molar-refractivity contribution in [1.29, 1.82) is 0 Å². The average molecular weight is 254 g/mol. The van der Waals surface area contributed by atoms with Gasteiger partial charge in [0.2, 0.25) is 5.91 Å². The number of nitrogens with zero attached hydrogens (tertiary/aromatic N) is 1. The number of aliphatic hydroxyl groups excluding tert-OH is 1. The number of amides is 1. The second-order valence-corrected chi connectivity index (χ2v) is 5.76.